The van der Waals surface area contributed by atoms with Crippen molar-refractivity contribution in [1.82, 2.24) is 4.98 Å². The Bertz CT molecular complexity index is 1290. The highest BCUT2D eigenvalue weighted by molar-refractivity contribution is 7.15. The maximum atomic E-state index is 12.2. The maximum absolute atomic E-state index is 12.2. The normalized spacial score (nSPS) is 16.3. The van der Waals surface area contributed by atoms with E-state index in [1.807, 2.05) is 36.2 Å². The van der Waals surface area contributed by atoms with Gasteiger partial charge in [-0.15, -0.1) is 11.3 Å². The number of carbonyl (C=O) groups is 1. The van der Waals surface area contributed by atoms with Crippen LogP contribution in [0.5, 0.6) is 0 Å². The molecule has 0 bridgehead atoms. The minimum Gasteiger partial charge on any atom is -0.343 e. The van der Waals surface area contributed by atoms with Crippen LogP contribution in [0.2, 0.25) is 0 Å². The lowest BCUT2D eigenvalue weighted by atomic mass is 9.99. The van der Waals surface area contributed by atoms with Crippen LogP contribution < -0.4 is 9.80 Å². The van der Waals surface area contributed by atoms with Gasteiger partial charge in [0.25, 0.3) is 0 Å². The van der Waals surface area contributed by atoms with Gasteiger partial charge in [-0.05, 0) is 55.3 Å². The number of nitrogens with zero attached hydrogens (tertiary/aromatic N) is 5. The third kappa shape index (κ3) is 5.10. The van der Waals surface area contributed by atoms with Crippen molar-refractivity contribution in [2.24, 2.45) is 9.98 Å². The summed E-state index contributed by atoms with van der Waals surface area (Å²) in [5, 5.41) is 1.06. The minimum atomic E-state index is 0.234. The van der Waals surface area contributed by atoms with E-state index in [1.165, 1.54) is 21.6 Å². The molecule has 0 spiro atoms. The molecular weight excluding hydrogens is 454 g/mol. The molecule has 0 saturated carbocycles. The molecule has 2 aliphatic heterocycles. The van der Waals surface area contributed by atoms with Crippen molar-refractivity contribution in [1.29, 1.82) is 0 Å². The van der Waals surface area contributed by atoms with Gasteiger partial charge in [-0.3, -0.25) is 4.79 Å². The predicted molar refractivity (Wildman–Crippen MR) is 145 cm³/mol. The standard InChI is InChI=1S/C28H29N5OS/c1-3-13-30-27(29-2)22-8-6-20(7-9-22)16-25-18-31-28(35-25)32-15-12-21-10-11-24(17-23(21)19-32)33-14-4-5-26(33)34/h3,6-11,13,17-18H,2,4-5,12,14-16,19H2,1H3/b13-3-,30-27-. The van der Waals surface area contributed by atoms with Crippen LogP contribution in [-0.2, 0) is 24.2 Å². The third-order valence-corrected chi connectivity index (χ3v) is 7.54. The first-order chi connectivity index (χ1) is 17.1. The Morgan fingerprint density at radius 2 is 2.00 bits per heavy atom. The van der Waals surface area contributed by atoms with Crippen molar-refractivity contribution in [2.45, 2.75) is 39.2 Å². The number of fused-ring (bicyclic) bond motifs is 1. The summed E-state index contributed by atoms with van der Waals surface area (Å²) in [6, 6.07) is 14.8. The Kier molecular flexibility index (Phi) is 6.86. The highest BCUT2D eigenvalue weighted by atomic mass is 32.1. The first-order valence-corrected chi connectivity index (χ1v) is 12.8. The van der Waals surface area contributed by atoms with Crippen LogP contribution in [-0.4, -0.2) is 36.5 Å². The van der Waals surface area contributed by atoms with E-state index < -0.39 is 0 Å². The summed E-state index contributed by atoms with van der Waals surface area (Å²) in [6.45, 7) is 8.16. The molecular formula is C28H29N5OS. The van der Waals surface area contributed by atoms with Crippen LogP contribution in [0.25, 0.3) is 0 Å². The molecule has 0 unspecified atom stereocenters. The molecule has 6 nitrogen and oxygen atoms in total. The fraction of sp³-hybridized carbons (Fsp3) is 0.286. The zero-order chi connectivity index (χ0) is 24.2. The highest BCUT2D eigenvalue weighted by Crippen LogP contribution is 2.32. The number of benzene rings is 2. The monoisotopic (exact) mass is 483 g/mol. The molecule has 5 rings (SSSR count). The number of rotatable bonds is 6. The van der Waals surface area contributed by atoms with Crippen molar-refractivity contribution in [3.63, 3.8) is 0 Å². The van der Waals surface area contributed by atoms with Crippen molar-refractivity contribution in [3.05, 3.63) is 88.1 Å². The number of anilines is 2. The van der Waals surface area contributed by atoms with Gasteiger partial charge in [-0.1, -0.05) is 36.4 Å². The van der Waals surface area contributed by atoms with Gasteiger partial charge in [-0.2, -0.15) is 0 Å². The number of hydrogen-bond donors (Lipinski definition) is 0. The van der Waals surface area contributed by atoms with Crippen LogP contribution in [0.4, 0.5) is 10.8 Å². The summed E-state index contributed by atoms with van der Waals surface area (Å²) in [5.41, 5.74) is 5.88. The number of amides is 1. The van der Waals surface area contributed by atoms with Crippen LogP contribution >= 0.6 is 11.3 Å². The second-order valence-electron chi connectivity index (χ2n) is 8.85. The van der Waals surface area contributed by atoms with Gasteiger partial charge in [-0.25, -0.2) is 15.0 Å². The fourth-order valence-electron chi connectivity index (χ4n) is 4.65. The average molecular weight is 484 g/mol. The van der Waals surface area contributed by atoms with Crippen molar-refractivity contribution in [3.8, 4) is 0 Å². The number of aliphatic imine (C=N–C) groups is 2. The topological polar surface area (TPSA) is 61.2 Å². The number of carbonyl (C=O) groups excluding carboxylic acids is 1. The molecule has 1 amide bonds. The van der Waals surface area contributed by atoms with E-state index in [1.54, 1.807) is 17.5 Å². The quantitative estimate of drug-likeness (QED) is 0.348. The molecule has 178 valence electrons. The van der Waals surface area contributed by atoms with Crippen molar-refractivity contribution < 1.29 is 4.79 Å². The van der Waals surface area contributed by atoms with Crippen LogP contribution in [0.15, 0.2) is 70.9 Å². The van der Waals surface area contributed by atoms with Crippen LogP contribution in [0.3, 0.4) is 0 Å². The third-order valence-electron chi connectivity index (χ3n) is 6.49. The lowest BCUT2D eigenvalue weighted by Crippen LogP contribution is -2.31. The summed E-state index contributed by atoms with van der Waals surface area (Å²) in [7, 11) is 0. The average Bonchev–Trinajstić information content (AvgIpc) is 3.54. The largest absolute Gasteiger partial charge is 0.343 e. The molecule has 3 aromatic rings. The summed E-state index contributed by atoms with van der Waals surface area (Å²) in [6.07, 6.45) is 9.03. The number of allylic oxidation sites excluding steroid dienone is 1. The molecule has 3 heterocycles. The number of thiazole rings is 1. The molecule has 35 heavy (non-hydrogen) atoms. The van der Waals surface area contributed by atoms with E-state index in [-0.39, 0.29) is 5.91 Å². The zero-order valence-electron chi connectivity index (χ0n) is 20.0. The van der Waals surface area contributed by atoms with E-state index in [2.05, 4.69) is 51.9 Å². The van der Waals surface area contributed by atoms with E-state index in [0.717, 1.165) is 55.3 Å². The van der Waals surface area contributed by atoms with Gasteiger partial charge in [0.15, 0.2) is 11.0 Å². The Labute approximate surface area is 210 Å². The van der Waals surface area contributed by atoms with Crippen molar-refractivity contribution in [2.75, 3.05) is 22.9 Å². The fourth-order valence-corrected chi connectivity index (χ4v) is 5.61. The molecule has 0 N–H and O–H groups in total. The predicted octanol–water partition coefficient (Wildman–Crippen LogP) is 5.40. The van der Waals surface area contributed by atoms with Gasteiger partial charge < -0.3 is 9.80 Å². The Balaban J connectivity index is 1.26. The summed E-state index contributed by atoms with van der Waals surface area (Å²) in [5.74, 6) is 0.856. The van der Waals surface area contributed by atoms with E-state index in [0.29, 0.717) is 12.3 Å². The lowest BCUT2D eigenvalue weighted by molar-refractivity contribution is -0.117. The summed E-state index contributed by atoms with van der Waals surface area (Å²) < 4.78 is 0. The molecule has 7 heteroatoms. The van der Waals surface area contributed by atoms with E-state index in [4.69, 9.17) is 4.98 Å². The minimum absolute atomic E-state index is 0.234. The summed E-state index contributed by atoms with van der Waals surface area (Å²) in [4.78, 5) is 30.8. The smallest absolute Gasteiger partial charge is 0.227 e. The molecule has 0 radical (unpaired) electrons. The molecule has 1 fully saturated rings. The number of amidine groups is 1. The van der Waals surface area contributed by atoms with Crippen LogP contribution in [0.1, 0.15) is 46.9 Å². The number of aromatic nitrogens is 1. The second-order valence-corrected chi connectivity index (χ2v) is 9.94. The summed E-state index contributed by atoms with van der Waals surface area (Å²) >= 11 is 1.75. The number of hydrogen-bond acceptors (Lipinski definition) is 5. The Hall–Kier alpha value is -3.58. The Morgan fingerprint density at radius 1 is 1.14 bits per heavy atom. The molecule has 0 atom stereocenters. The molecule has 1 saturated heterocycles. The van der Waals surface area contributed by atoms with E-state index >= 15 is 0 Å². The molecule has 2 aliphatic rings. The van der Waals surface area contributed by atoms with E-state index in [9.17, 15) is 4.79 Å². The second kappa shape index (κ2) is 10.4. The molecule has 0 aliphatic carbocycles. The van der Waals surface area contributed by atoms with Gasteiger partial charge in [0.2, 0.25) is 5.91 Å². The van der Waals surface area contributed by atoms with Gasteiger partial charge in [0.05, 0.1) is 0 Å². The van der Waals surface area contributed by atoms with Gasteiger partial charge in [0, 0.05) is 61.0 Å². The molecule has 1 aromatic heterocycles. The lowest BCUT2D eigenvalue weighted by Gasteiger charge is -2.29. The zero-order valence-corrected chi connectivity index (χ0v) is 20.8. The van der Waals surface area contributed by atoms with Gasteiger partial charge >= 0.3 is 0 Å². The maximum Gasteiger partial charge on any atom is 0.227 e. The first kappa shape index (κ1) is 23.2. The van der Waals surface area contributed by atoms with Gasteiger partial charge in [0.1, 0.15) is 0 Å². The SMILES string of the molecule is C=N/C(=N\C=C/C)c1ccc(Cc2cnc(N3CCc4ccc(N5CCCC5=O)cc4C3)s2)cc1. The Morgan fingerprint density at radius 3 is 2.74 bits per heavy atom. The van der Waals surface area contributed by atoms with Crippen molar-refractivity contribution >= 4 is 40.6 Å². The highest BCUT2D eigenvalue weighted by Gasteiger charge is 2.24. The van der Waals surface area contributed by atoms with Crippen LogP contribution in [0, 0.1) is 0 Å². The first-order valence-electron chi connectivity index (χ1n) is 12.0. The molecule has 2 aromatic carbocycles.